The number of halogens is 3. The van der Waals surface area contributed by atoms with Gasteiger partial charge in [0, 0.05) is 37.0 Å². The van der Waals surface area contributed by atoms with Crippen molar-refractivity contribution in [2.75, 3.05) is 13.1 Å². The highest BCUT2D eigenvalue weighted by atomic mass is 19.4. The minimum absolute atomic E-state index is 0.109. The quantitative estimate of drug-likeness (QED) is 0.724. The number of aryl methyl sites for hydroxylation is 1. The number of nitrogens with one attached hydrogen (secondary N) is 1. The van der Waals surface area contributed by atoms with Gasteiger partial charge < -0.3 is 10.1 Å². The Morgan fingerprint density at radius 3 is 2.79 bits per heavy atom. The molecule has 29 heavy (non-hydrogen) atoms. The number of alkyl halides is 3. The molecule has 1 aliphatic carbocycles. The minimum atomic E-state index is -4.47. The molecule has 1 saturated heterocycles. The van der Waals surface area contributed by atoms with Crippen LogP contribution in [0.2, 0.25) is 0 Å². The molecule has 158 valence electrons. The first-order valence-corrected chi connectivity index (χ1v) is 10.5. The maximum atomic E-state index is 13.3. The first kappa shape index (κ1) is 20.3. The molecule has 0 radical (unpaired) electrons. The third-order valence-electron chi connectivity index (χ3n) is 6.33. The molecule has 1 aliphatic heterocycles. The summed E-state index contributed by atoms with van der Waals surface area (Å²) in [6.07, 6.45) is -0.0303. The smallest absolute Gasteiger partial charge is 0.435 e. The maximum Gasteiger partial charge on any atom is 0.435 e. The van der Waals surface area contributed by atoms with Gasteiger partial charge >= 0.3 is 6.18 Å². The molecular weight excluding hydrogens is 379 g/mol. The molecule has 2 aromatic rings. The predicted molar refractivity (Wildman–Crippen MR) is 105 cm³/mol. The highest BCUT2D eigenvalue weighted by Gasteiger charge is 2.53. The van der Waals surface area contributed by atoms with E-state index in [1.54, 1.807) is 0 Å². The summed E-state index contributed by atoms with van der Waals surface area (Å²) in [5.41, 5.74) is 0.255. The van der Waals surface area contributed by atoms with E-state index in [1.807, 2.05) is 25.1 Å². The fourth-order valence-electron chi connectivity index (χ4n) is 4.88. The van der Waals surface area contributed by atoms with Crippen LogP contribution < -0.4 is 10.1 Å². The predicted octanol–water partition coefficient (Wildman–Crippen LogP) is 4.69. The van der Waals surface area contributed by atoms with E-state index in [2.05, 4.69) is 22.5 Å². The van der Waals surface area contributed by atoms with Gasteiger partial charge in [0.1, 0.15) is 6.10 Å². The van der Waals surface area contributed by atoms with Crippen LogP contribution in [0, 0.1) is 11.3 Å². The third kappa shape index (κ3) is 4.15. The van der Waals surface area contributed by atoms with Crippen molar-refractivity contribution in [3.8, 4) is 5.88 Å². The zero-order valence-corrected chi connectivity index (χ0v) is 16.7. The zero-order chi connectivity index (χ0) is 20.5. The number of benzene rings is 1. The van der Waals surface area contributed by atoms with Crippen molar-refractivity contribution < 1.29 is 17.9 Å². The number of unbranched alkanes of at least 4 members (excludes halogenated alkanes) is 1. The van der Waals surface area contributed by atoms with Crippen molar-refractivity contribution in [3.05, 3.63) is 47.7 Å². The molecule has 2 bridgehead atoms. The summed E-state index contributed by atoms with van der Waals surface area (Å²) in [6.45, 7) is 4.11. The van der Waals surface area contributed by atoms with Crippen molar-refractivity contribution in [2.45, 2.75) is 57.9 Å². The number of fused-ring (bicyclic) bond motifs is 2. The van der Waals surface area contributed by atoms with Crippen LogP contribution >= 0.6 is 0 Å². The van der Waals surface area contributed by atoms with Crippen LogP contribution in [-0.4, -0.2) is 29.0 Å². The summed E-state index contributed by atoms with van der Waals surface area (Å²) in [5, 5.41) is 7.33. The van der Waals surface area contributed by atoms with Gasteiger partial charge in [-0.1, -0.05) is 43.7 Å². The molecule has 2 aliphatic rings. The van der Waals surface area contributed by atoms with Crippen LogP contribution in [0.5, 0.6) is 5.88 Å². The molecule has 1 N–H and O–H groups in total. The lowest BCUT2D eigenvalue weighted by atomic mass is 9.75. The molecule has 3 unspecified atom stereocenters. The number of hydrogen-bond acceptors (Lipinski definition) is 3. The average molecular weight is 407 g/mol. The van der Waals surface area contributed by atoms with E-state index in [4.69, 9.17) is 4.74 Å². The molecule has 2 heterocycles. The largest absolute Gasteiger partial charge is 0.473 e. The number of nitrogens with zero attached hydrogens (tertiary/aromatic N) is 2. The lowest BCUT2D eigenvalue weighted by molar-refractivity contribution is -0.141. The molecule has 7 heteroatoms. The zero-order valence-electron chi connectivity index (χ0n) is 16.7. The van der Waals surface area contributed by atoms with Crippen LogP contribution in [0.25, 0.3) is 0 Å². The van der Waals surface area contributed by atoms with Crippen LogP contribution in [0.1, 0.15) is 43.9 Å². The van der Waals surface area contributed by atoms with Crippen LogP contribution in [0.3, 0.4) is 0 Å². The fraction of sp³-hybridized carbons (Fsp3) is 0.591. The van der Waals surface area contributed by atoms with E-state index < -0.39 is 11.9 Å². The molecular formula is C22H28F3N3O. The second-order valence-electron chi connectivity index (χ2n) is 8.44. The first-order valence-electron chi connectivity index (χ1n) is 10.5. The number of aromatic nitrogens is 2. The number of hydrogen-bond donors (Lipinski definition) is 1. The monoisotopic (exact) mass is 407 g/mol. The third-order valence-corrected chi connectivity index (χ3v) is 6.33. The standard InChI is InChI=1S/C22H28F3N3O/c1-2-3-11-28-19(12-18(27-28)22(23,24)25)29-20-17-9-10-21(20,15-26-14-17)13-16-7-5-4-6-8-16/h4-8,12,17,20,26H,2-3,9-11,13-15H2,1H3. The molecule has 0 amide bonds. The van der Waals surface area contributed by atoms with Crippen LogP contribution in [0.15, 0.2) is 36.4 Å². The van der Waals surface area contributed by atoms with Gasteiger partial charge in [-0.3, -0.25) is 0 Å². The molecule has 4 rings (SSSR count). The van der Waals surface area contributed by atoms with Crippen molar-refractivity contribution in [1.29, 1.82) is 0 Å². The summed E-state index contributed by atoms with van der Waals surface area (Å²) < 4.78 is 47.6. The summed E-state index contributed by atoms with van der Waals surface area (Å²) in [4.78, 5) is 0. The molecule has 1 aromatic carbocycles. The molecule has 3 atom stereocenters. The van der Waals surface area contributed by atoms with E-state index in [0.717, 1.165) is 51.3 Å². The van der Waals surface area contributed by atoms with E-state index >= 15 is 0 Å². The highest BCUT2D eigenvalue weighted by Crippen LogP contribution is 2.48. The Bertz CT molecular complexity index is 816. The number of ether oxygens (including phenoxy) is 1. The van der Waals surface area contributed by atoms with Gasteiger partial charge in [0.25, 0.3) is 0 Å². The Kier molecular flexibility index (Phi) is 5.60. The maximum absolute atomic E-state index is 13.3. The first-order chi connectivity index (χ1) is 13.9. The summed E-state index contributed by atoms with van der Waals surface area (Å²) in [5.74, 6) is 0.554. The average Bonchev–Trinajstić information content (AvgIpc) is 3.17. The van der Waals surface area contributed by atoms with E-state index in [0.29, 0.717) is 12.5 Å². The minimum Gasteiger partial charge on any atom is -0.473 e. The summed E-state index contributed by atoms with van der Waals surface area (Å²) in [6, 6.07) is 11.4. The van der Waals surface area contributed by atoms with Gasteiger partial charge in [0.15, 0.2) is 5.69 Å². The van der Waals surface area contributed by atoms with Crippen molar-refractivity contribution in [2.24, 2.45) is 11.3 Å². The molecule has 0 spiro atoms. The van der Waals surface area contributed by atoms with Gasteiger partial charge in [-0.05, 0) is 31.2 Å². The Morgan fingerprint density at radius 2 is 2.07 bits per heavy atom. The topological polar surface area (TPSA) is 39.1 Å². The Morgan fingerprint density at radius 1 is 1.28 bits per heavy atom. The van der Waals surface area contributed by atoms with Gasteiger partial charge in [0.2, 0.25) is 5.88 Å². The van der Waals surface area contributed by atoms with E-state index in [9.17, 15) is 13.2 Å². The SMILES string of the molecule is CCCCn1nc(C(F)(F)F)cc1OC1C2CCC1(Cc1ccccc1)CNC2. The summed E-state index contributed by atoms with van der Waals surface area (Å²) >= 11 is 0. The molecule has 1 aromatic heterocycles. The second kappa shape index (κ2) is 8.01. The summed E-state index contributed by atoms with van der Waals surface area (Å²) in [7, 11) is 0. The Balaban J connectivity index is 1.62. The van der Waals surface area contributed by atoms with E-state index in [1.165, 1.54) is 10.2 Å². The van der Waals surface area contributed by atoms with Crippen molar-refractivity contribution >= 4 is 0 Å². The van der Waals surface area contributed by atoms with Crippen molar-refractivity contribution in [3.63, 3.8) is 0 Å². The lowest BCUT2D eigenvalue weighted by Gasteiger charge is -2.41. The molecule has 4 nitrogen and oxygen atoms in total. The van der Waals surface area contributed by atoms with Gasteiger partial charge in [-0.2, -0.15) is 18.3 Å². The fourth-order valence-corrected chi connectivity index (χ4v) is 4.88. The second-order valence-corrected chi connectivity index (χ2v) is 8.44. The van der Waals surface area contributed by atoms with Gasteiger partial charge in [-0.15, -0.1) is 0 Å². The molecule has 2 fully saturated rings. The van der Waals surface area contributed by atoms with Crippen LogP contribution in [0.4, 0.5) is 13.2 Å². The van der Waals surface area contributed by atoms with Crippen LogP contribution in [-0.2, 0) is 19.1 Å². The molecule has 1 saturated carbocycles. The number of piperidine rings is 1. The Labute approximate surface area is 169 Å². The van der Waals surface area contributed by atoms with Crippen molar-refractivity contribution in [1.82, 2.24) is 15.1 Å². The van der Waals surface area contributed by atoms with Gasteiger partial charge in [-0.25, -0.2) is 4.68 Å². The highest BCUT2D eigenvalue weighted by molar-refractivity contribution is 5.23. The lowest BCUT2D eigenvalue weighted by Crippen LogP contribution is -2.53. The normalized spacial score (nSPS) is 26.6. The Hall–Kier alpha value is -2.02. The number of rotatable bonds is 7. The van der Waals surface area contributed by atoms with Gasteiger partial charge in [0.05, 0.1) is 0 Å². The van der Waals surface area contributed by atoms with E-state index in [-0.39, 0.29) is 17.4 Å².